The Bertz CT molecular complexity index is 1220. The quantitative estimate of drug-likeness (QED) is 0.531. The smallest absolute Gasteiger partial charge is 0.313 e. The summed E-state index contributed by atoms with van der Waals surface area (Å²) in [6, 6.07) is 2.28. The predicted molar refractivity (Wildman–Crippen MR) is 136 cm³/mol. The van der Waals surface area contributed by atoms with Crippen LogP contribution in [-0.4, -0.2) is 33.8 Å². The van der Waals surface area contributed by atoms with E-state index in [4.69, 9.17) is 4.74 Å². The zero-order valence-electron chi connectivity index (χ0n) is 23.4. The number of esters is 1. The number of rotatable bonds is 2. The summed E-state index contributed by atoms with van der Waals surface area (Å²) in [5.41, 5.74) is -4.74. The second kappa shape index (κ2) is 6.76. The first-order chi connectivity index (χ1) is 17.0. The highest BCUT2D eigenvalue weighted by atomic mass is 16.6. The molecule has 1 heterocycles. The average Bonchev–Trinajstić information content (AvgIpc) is 3.54. The standard InChI is InChI=1S/C31H41NO5/c1-8-29-12-10-17-26(5)11-9-18-27(6,20-15-30(20,16-32)23(34)28(18,7)36)19(26)13-22(33)31(17,37-24(29)35)21(29)14-25(2,3)4/h13,17-18,20-21,36H,8-12,14-15H2,1-7H3/t17?,18?,20-,21?,26+,27+,28+,29+,30+,31-/m1/s1. The molecule has 2 bridgehead atoms. The lowest BCUT2D eigenvalue weighted by atomic mass is 9.38. The van der Waals surface area contributed by atoms with Gasteiger partial charge in [-0.05, 0) is 74.7 Å². The van der Waals surface area contributed by atoms with Crippen LogP contribution < -0.4 is 0 Å². The Morgan fingerprint density at radius 1 is 1.08 bits per heavy atom. The molecule has 1 aliphatic heterocycles. The Morgan fingerprint density at radius 2 is 1.73 bits per heavy atom. The SMILES string of the molecule is CC[C@@]12CCC3[C@](OC1=O)(C(=O)C=C1[C@@]3(C)CCC3[C@](C)(O)C(=O)[C@]4(C#N)C[C@@H]4[C@]13C)C2CC(C)(C)C. The van der Waals surface area contributed by atoms with Crippen molar-refractivity contribution in [2.24, 2.45) is 50.7 Å². The van der Waals surface area contributed by atoms with E-state index in [0.717, 1.165) is 18.4 Å². The van der Waals surface area contributed by atoms with Gasteiger partial charge in [-0.25, -0.2) is 0 Å². The summed E-state index contributed by atoms with van der Waals surface area (Å²) >= 11 is 0. The lowest BCUT2D eigenvalue weighted by Gasteiger charge is -2.64. The van der Waals surface area contributed by atoms with Crippen LogP contribution in [-0.2, 0) is 19.1 Å². The third-order valence-corrected chi connectivity index (χ3v) is 12.4. The third-order valence-electron chi connectivity index (χ3n) is 12.4. The van der Waals surface area contributed by atoms with E-state index in [1.165, 1.54) is 0 Å². The van der Waals surface area contributed by atoms with Crippen molar-refractivity contribution < 1.29 is 24.2 Å². The summed E-state index contributed by atoms with van der Waals surface area (Å²) in [5.74, 6) is -1.57. The van der Waals surface area contributed by atoms with Crippen molar-refractivity contribution in [2.45, 2.75) is 105 Å². The maximum absolute atomic E-state index is 14.5. The number of ketones is 2. The number of nitrogens with zero attached hydrogens (tertiary/aromatic N) is 1. The van der Waals surface area contributed by atoms with Gasteiger partial charge < -0.3 is 9.84 Å². The average molecular weight is 508 g/mol. The number of hydrogen-bond donors (Lipinski definition) is 1. The Labute approximate surface area is 220 Å². The lowest BCUT2D eigenvalue weighted by molar-refractivity contribution is -0.185. The summed E-state index contributed by atoms with van der Waals surface area (Å²) in [6.45, 7) is 14.4. The molecule has 10 atom stereocenters. The predicted octanol–water partition coefficient (Wildman–Crippen LogP) is 4.94. The van der Waals surface area contributed by atoms with Gasteiger partial charge in [0.25, 0.3) is 0 Å². The molecule has 1 N–H and O–H groups in total. The van der Waals surface area contributed by atoms with Crippen LogP contribution in [0, 0.1) is 62.1 Å². The van der Waals surface area contributed by atoms with Gasteiger partial charge in [-0.2, -0.15) is 5.26 Å². The number of carbonyl (C=O) groups excluding carboxylic acids is 3. The van der Waals surface area contributed by atoms with Crippen molar-refractivity contribution in [3.63, 3.8) is 0 Å². The van der Waals surface area contributed by atoms with Crippen LogP contribution in [0.15, 0.2) is 11.6 Å². The molecule has 6 nitrogen and oxygen atoms in total. The van der Waals surface area contributed by atoms with E-state index in [9.17, 15) is 24.8 Å². The van der Waals surface area contributed by atoms with E-state index in [-0.39, 0.29) is 46.6 Å². The highest BCUT2D eigenvalue weighted by Crippen LogP contribution is 2.79. The summed E-state index contributed by atoms with van der Waals surface area (Å²) in [6.07, 6.45) is 6.40. The zero-order valence-corrected chi connectivity index (χ0v) is 23.4. The van der Waals surface area contributed by atoms with Crippen molar-refractivity contribution in [3.05, 3.63) is 11.6 Å². The van der Waals surface area contributed by atoms with Crippen molar-refractivity contribution in [1.29, 1.82) is 5.26 Å². The lowest BCUT2D eigenvalue weighted by Crippen LogP contribution is -2.68. The van der Waals surface area contributed by atoms with Crippen LogP contribution in [0.3, 0.4) is 0 Å². The fourth-order valence-corrected chi connectivity index (χ4v) is 10.7. The minimum atomic E-state index is -1.61. The van der Waals surface area contributed by atoms with Gasteiger partial charge in [0.1, 0.15) is 11.0 Å². The molecule has 5 fully saturated rings. The molecule has 0 aromatic heterocycles. The summed E-state index contributed by atoms with van der Waals surface area (Å²) in [7, 11) is 0. The van der Waals surface area contributed by atoms with Crippen LogP contribution in [0.1, 0.15) is 93.4 Å². The molecule has 200 valence electrons. The number of ether oxygens (including phenoxy) is 1. The number of hydrogen-bond acceptors (Lipinski definition) is 6. The monoisotopic (exact) mass is 507 g/mol. The van der Waals surface area contributed by atoms with E-state index in [2.05, 4.69) is 47.6 Å². The molecular formula is C31H41NO5. The van der Waals surface area contributed by atoms with Crippen molar-refractivity contribution >= 4 is 17.5 Å². The van der Waals surface area contributed by atoms with Gasteiger partial charge in [0.05, 0.1) is 11.5 Å². The summed E-state index contributed by atoms with van der Waals surface area (Å²) < 4.78 is 6.37. The van der Waals surface area contributed by atoms with E-state index in [1.807, 2.05) is 0 Å². The molecule has 37 heavy (non-hydrogen) atoms. The molecule has 6 heteroatoms. The number of carbonyl (C=O) groups is 3. The molecular weight excluding hydrogens is 466 g/mol. The van der Waals surface area contributed by atoms with E-state index in [0.29, 0.717) is 32.1 Å². The number of aliphatic hydroxyl groups is 1. The Morgan fingerprint density at radius 3 is 2.32 bits per heavy atom. The number of allylic oxidation sites excluding steroid dienone is 1. The van der Waals surface area contributed by atoms with Crippen molar-refractivity contribution in [2.75, 3.05) is 0 Å². The second-order valence-corrected chi connectivity index (χ2v) is 15.1. The Balaban J connectivity index is 1.55. The zero-order chi connectivity index (χ0) is 27.2. The molecule has 0 radical (unpaired) electrons. The van der Waals surface area contributed by atoms with E-state index in [1.54, 1.807) is 13.0 Å². The molecule has 6 aliphatic rings. The topological polar surface area (TPSA) is 104 Å². The van der Waals surface area contributed by atoms with Gasteiger partial charge in [-0.1, -0.05) is 47.1 Å². The van der Waals surface area contributed by atoms with Gasteiger partial charge in [0, 0.05) is 23.2 Å². The van der Waals surface area contributed by atoms with Gasteiger partial charge in [0.15, 0.2) is 17.2 Å². The number of Topliss-reactive ketones (excluding diaryl/α,β-unsaturated/α-hetero) is 1. The first-order valence-electron chi connectivity index (χ1n) is 14.2. The van der Waals surface area contributed by atoms with Crippen LogP contribution in [0.25, 0.3) is 0 Å². The molecule has 5 aliphatic carbocycles. The molecule has 0 aromatic rings. The van der Waals surface area contributed by atoms with Gasteiger partial charge in [0.2, 0.25) is 0 Å². The number of nitriles is 1. The van der Waals surface area contributed by atoms with Crippen molar-refractivity contribution in [3.8, 4) is 6.07 Å². The fourth-order valence-electron chi connectivity index (χ4n) is 10.7. The normalized spacial score (nSPS) is 53.7. The number of fused-ring (bicyclic) bond motifs is 7. The van der Waals surface area contributed by atoms with Gasteiger partial charge >= 0.3 is 5.97 Å². The van der Waals surface area contributed by atoms with Gasteiger partial charge in [-0.15, -0.1) is 0 Å². The molecule has 0 amide bonds. The highest BCUT2D eigenvalue weighted by molar-refractivity contribution is 6.05. The molecule has 6 rings (SSSR count). The van der Waals surface area contributed by atoms with Crippen LogP contribution in [0.2, 0.25) is 0 Å². The fraction of sp³-hybridized carbons (Fsp3) is 0.806. The van der Waals surface area contributed by atoms with E-state index >= 15 is 0 Å². The maximum Gasteiger partial charge on any atom is 0.313 e. The first kappa shape index (κ1) is 25.3. The minimum absolute atomic E-state index is 0.0778. The maximum atomic E-state index is 14.5. The largest absolute Gasteiger partial charge is 0.450 e. The summed E-state index contributed by atoms with van der Waals surface area (Å²) in [5, 5.41) is 21.6. The van der Waals surface area contributed by atoms with Gasteiger partial charge in [-0.3, -0.25) is 14.4 Å². The summed E-state index contributed by atoms with van der Waals surface area (Å²) in [4.78, 5) is 41.4. The molecule has 4 saturated carbocycles. The highest BCUT2D eigenvalue weighted by Gasteiger charge is 2.82. The van der Waals surface area contributed by atoms with Crippen molar-refractivity contribution in [1.82, 2.24) is 0 Å². The van der Waals surface area contributed by atoms with Crippen LogP contribution in [0.5, 0.6) is 0 Å². The van der Waals surface area contributed by atoms with Crippen LogP contribution in [0.4, 0.5) is 0 Å². The Kier molecular flexibility index (Phi) is 4.62. The minimum Gasteiger partial charge on any atom is -0.450 e. The molecule has 1 spiro atoms. The molecule has 1 saturated heterocycles. The molecule has 3 unspecified atom stereocenters. The molecule has 0 aromatic carbocycles. The third kappa shape index (κ3) is 2.54. The second-order valence-electron chi connectivity index (χ2n) is 15.1. The van der Waals surface area contributed by atoms with Crippen LogP contribution >= 0.6 is 0 Å². The first-order valence-corrected chi connectivity index (χ1v) is 14.2. The Hall–Kier alpha value is -2.00. The van der Waals surface area contributed by atoms with E-state index < -0.39 is 32.9 Å².